The number of amides is 1. The van der Waals surface area contributed by atoms with Crippen molar-refractivity contribution in [3.8, 4) is 22.9 Å². The van der Waals surface area contributed by atoms with Crippen LogP contribution >= 0.6 is 11.6 Å². The number of rotatable bonds is 8. The number of anilines is 3. The number of fused-ring (bicyclic) bond motifs is 1. The Kier molecular flexibility index (Phi) is 10.0. The van der Waals surface area contributed by atoms with Gasteiger partial charge in [-0.25, -0.2) is 9.48 Å². The zero-order valence-corrected chi connectivity index (χ0v) is 24.7. The van der Waals surface area contributed by atoms with E-state index in [4.69, 9.17) is 35.7 Å². The lowest BCUT2D eigenvalue weighted by Crippen LogP contribution is -2.21. The summed E-state index contributed by atoms with van der Waals surface area (Å²) >= 11 is 6.28. The molecule has 0 spiro atoms. The van der Waals surface area contributed by atoms with E-state index in [0.717, 1.165) is 28.0 Å². The van der Waals surface area contributed by atoms with Gasteiger partial charge in [-0.1, -0.05) is 29.8 Å². The summed E-state index contributed by atoms with van der Waals surface area (Å²) in [6, 6.07) is 24.1. The summed E-state index contributed by atoms with van der Waals surface area (Å²) in [6.45, 7) is 0. The van der Waals surface area contributed by atoms with Crippen molar-refractivity contribution in [3.63, 3.8) is 0 Å². The molecule has 0 saturated heterocycles. The Morgan fingerprint density at radius 2 is 1.53 bits per heavy atom. The van der Waals surface area contributed by atoms with Crippen LogP contribution in [0.4, 0.5) is 30.2 Å². The van der Waals surface area contributed by atoms with E-state index in [1.54, 1.807) is 35.1 Å². The zero-order chi connectivity index (χ0) is 32.7. The molecular weight excluding hydrogens is 617 g/mol. The van der Waals surface area contributed by atoms with Crippen LogP contribution in [0.15, 0.2) is 85.1 Å². The highest BCUT2D eigenvalue weighted by Gasteiger charge is 2.38. The number of carboxylic acid groups (broad SMARTS) is 1. The molecule has 5 rings (SSSR count). The van der Waals surface area contributed by atoms with Gasteiger partial charge in [-0.3, -0.25) is 4.79 Å². The first kappa shape index (κ1) is 32.5. The highest BCUT2D eigenvalue weighted by atomic mass is 35.5. The summed E-state index contributed by atoms with van der Waals surface area (Å²) in [5.41, 5.74) is 4.35. The Morgan fingerprint density at radius 3 is 2.13 bits per heavy atom. The lowest BCUT2D eigenvalue weighted by Gasteiger charge is -2.15. The molecule has 5 aromatic rings. The van der Waals surface area contributed by atoms with Crippen molar-refractivity contribution in [2.75, 3.05) is 32.0 Å². The van der Waals surface area contributed by atoms with Crippen LogP contribution in [-0.4, -0.2) is 54.3 Å². The number of para-hydroxylation sites is 1. The van der Waals surface area contributed by atoms with Crippen molar-refractivity contribution < 1.29 is 42.1 Å². The first-order valence-corrected chi connectivity index (χ1v) is 13.3. The molecule has 4 aromatic carbocycles. The van der Waals surface area contributed by atoms with Gasteiger partial charge in [0.2, 0.25) is 5.75 Å². The lowest BCUT2D eigenvalue weighted by molar-refractivity contribution is -0.192. The molecule has 0 aliphatic carbocycles. The lowest BCUT2D eigenvalue weighted by atomic mass is 10.1. The molecule has 0 bridgehead atoms. The topological polar surface area (TPSA) is 124 Å². The monoisotopic (exact) mass is 642 g/mol. The maximum atomic E-state index is 13.1. The third kappa shape index (κ3) is 7.75. The average Bonchev–Trinajstić information content (AvgIpc) is 3.45. The van der Waals surface area contributed by atoms with E-state index in [0.29, 0.717) is 33.5 Å². The van der Waals surface area contributed by atoms with Gasteiger partial charge < -0.3 is 30.0 Å². The molecule has 234 valence electrons. The second-order valence-corrected chi connectivity index (χ2v) is 9.56. The molecule has 0 atom stereocenters. The van der Waals surface area contributed by atoms with Gasteiger partial charge in [-0.05, 0) is 48.5 Å². The second kappa shape index (κ2) is 13.9. The van der Waals surface area contributed by atoms with Crippen molar-refractivity contribution in [3.05, 3.63) is 95.6 Å². The molecule has 3 N–H and O–H groups in total. The van der Waals surface area contributed by atoms with Crippen LogP contribution in [0.5, 0.6) is 17.2 Å². The molecule has 14 heteroatoms. The minimum atomic E-state index is -5.08. The number of aliphatic carboxylic acids is 1. The summed E-state index contributed by atoms with van der Waals surface area (Å²) in [5.74, 6) is -1.70. The van der Waals surface area contributed by atoms with Crippen molar-refractivity contribution in [1.82, 2.24) is 9.78 Å². The van der Waals surface area contributed by atoms with Gasteiger partial charge in [0.05, 0.1) is 49.4 Å². The van der Waals surface area contributed by atoms with E-state index in [2.05, 4.69) is 15.7 Å². The number of halogens is 4. The van der Waals surface area contributed by atoms with Gasteiger partial charge in [-0.2, -0.15) is 18.3 Å². The first-order chi connectivity index (χ1) is 21.4. The van der Waals surface area contributed by atoms with Crippen molar-refractivity contribution in [2.24, 2.45) is 0 Å². The zero-order valence-electron chi connectivity index (χ0n) is 24.0. The van der Waals surface area contributed by atoms with Crippen molar-refractivity contribution in [2.45, 2.75) is 6.18 Å². The number of aromatic nitrogens is 2. The number of benzene rings is 4. The van der Waals surface area contributed by atoms with Crippen molar-refractivity contribution in [1.29, 1.82) is 0 Å². The smallest absolute Gasteiger partial charge is 0.490 e. The highest BCUT2D eigenvalue weighted by Crippen LogP contribution is 2.40. The van der Waals surface area contributed by atoms with E-state index in [1.165, 1.54) is 21.3 Å². The van der Waals surface area contributed by atoms with Crippen LogP contribution in [0.2, 0.25) is 5.02 Å². The van der Waals surface area contributed by atoms with E-state index >= 15 is 0 Å². The van der Waals surface area contributed by atoms with E-state index in [-0.39, 0.29) is 5.91 Å². The predicted molar refractivity (Wildman–Crippen MR) is 164 cm³/mol. The standard InChI is InChI=1S/C29H25ClN4O4.C2HF3O2/c1-36-26-15-21(16-27(37-2)28(26)38-3)33-29(35)18-7-6-8-22(14-18)34-25-12-11-20(13-19(25)17-31-34)32-24-10-5-4-9-23(24)30;3-2(4,5)1(6)7/h4-17,32H,1-3H3,(H,33,35);(H,6,7). The predicted octanol–water partition coefficient (Wildman–Crippen LogP) is 7.33. The number of nitrogens with zero attached hydrogens (tertiary/aromatic N) is 2. The molecule has 1 amide bonds. The SMILES string of the molecule is COc1cc(NC(=O)c2cccc(-n3ncc4cc(Nc5ccccc5Cl)ccc43)c2)cc(OC)c1OC.O=C(O)C(F)(F)F. The third-order valence-electron chi connectivity index (χ3n) is 6.24. The van der Waals surface area contributed by atoms with Crippen molar-refractivity contribution >= 4 is 51.4 Å². The van der Waals surface area contributed by atoms with Gasteiger partial charge in [0.25, 0.3) is 5.91 Å². The summed E-state index contributed by atoms with van der Waals surface area (Å²) in [4.78, 5) is 22.0. The third-order valence-corrected chi connectivity index (χ3v) is 6.57. The molecule has 10 nitrogen and oxygen atoms in total. The number of ether oxygens (including phenoxy) is 3. The molecule has 0 fully saturated rings. The minimum Gasteiger partial charge on any atom is -0.493 e. The number of hydrogen-bond acceptors (Lipinski definition) is 7. The molecule has 0 radical (unpaired) electrons. The van der Waals surface area contributed by atoms with Crippen LogP contribution in [0.25, 0.3) is 16.6 Å². The molecule has 1 aromatic heterocycles. The number of carbonyl (C=O) groups excluding carboxylic acids is 1. The Bertz CT molecular complexity index is 1820. The molecule has 45 heavy (non-hydrogen) atoms. The van der Waals surface area contributed by atoms with Crippen LogP contribution in [0.1, 0.15) is 10.4 Å². The van der Waals surface area contributed by atoms with E-state index in [1.807, 2.05) is 54.6 Å². The van der Waals surface area contributed by atoms with Gasteiger partial charge in [0.15, 0.2) is 11.5 Å². The van der Waals surface area contributed by atoms with Crippen LogP contribution in [0, 0.1) is 0 Å². The summed E-state index contributed by atoms with van der Waals surface area (Å²) in [7, 11) is 4.58. The van der Waals surface area contributed by atoms with Crippen LogP contribution in [0.3, 0.4) is 0 Å². The van der Waals surface area contributed by atoms with E-state index in [9.17, 15) is 18.0 Å². The molecule has 1 heterocycles. The van der Waals surface area contributed by atoms with Crippen LogP contribution < -0.4 is 24.8 Å². The second-order valence-electron chi connectivity index (χ2n) is 9.16. The number of nitrogens with one attached hydrogen (secondary N) is 2. The number of carboxylic acids is 1. The van der Waals surface area contributed by atoms with Gasteiger partial charge >= 0.3 is 12.1 Å². The Hall–Kier alpha value is -5.43. The fourth-order valence-electron chi connectivity index (χ4n) is 4.17. The van der Waals surface area contributed by atoms with E-state index < -0.39 is 12.1 Å². The summed E-state index contributed by atoms with van der Waals surface area (Å²) in [5, 5.41) is 19.5. The molecular formula is C31H26ClF3N4O6. The summed E-state index contributed by atoms with van der Waals surface area (Å²) in [6.07, 6.45) is -3.30. The minimum absolute atomic E-state index is 0.288. The van der Waals surface area contributed by atoms with Gasteiger partial charge in [0.1, 0.15) is 0 Å². The number of methoxy groups -OCH3 is 3. The Balaban J connectivity index is 0.000000591. The normalized spacial score (nSPS) is 10.8. The largest absolute Gasteiger partial charge is 0.493 e. The Labute approximate surface area is 259 Å². The fraction of sp³-hybridized carbons (Fsp3) is 0.129. The number of carbonyl (C=O) groups is 2. The summed E-state index contributed by atoms with van der Waals surface area (Å²) < 4.78 is 49.7. The van der Waals surface area contributed by atoms with Crippen LogP contribution in [-0.2, 0) is 4.79 Å². The maximum Gasteiger partial charge on any atom is 0.490 e. The number of hydrogen-bond donors (Lipinski definition) is 3. The first-order valence-electron chi connectivity index (χ1n) is 13.0. The quantitative estimate of drug-likeness (QED) is 0.161. The molecule has 0 aliphatic rings. The fourth-order valence-corrected chi connectivity index (χ4v) is 4.35. The molecule has 0 unspecified atom stereocenters. The number of alkyl halides is 3. The Morgan fingerprint density at radius 1 is 0.867 bits per heavy atom. The maximum absolute atomic E-state index is 13.1. The van der Waals surface area contributed by atoms with Gasteiger partial charge in [-0.15, -0.1) is 0 Å². The molecule has 0 saturated carbocycles. The highest BCUT2D eigenvalue weighted by molar-refractivity contribution is 6.33. The van der Waals surface area contributed by atoms with Gasteiger partial charge in [0, 0.05) is 34.5 Å². The average molecular weight is 643 g/mol. The molecule has 0 aliphatic heterocycles.